The van der Waals surface area contributed by atoms with Crippen molar-refractivity contribution in [3.05, 3.63) is 102 Å². The van der Waals surface area contributed by atoms with Crippen LogP contribution in [0.4, 0.5) is 0 Å². The molecule has 1 aliphatic heterocycles. The Morgan fingerprint density at radius 3 is 1.77 bits per heavy atom. The van der Waals surface area contributed by atoms with E-state index in [4.69, 9.17) is 4.74 Å². The highest BCUT2D eigenvalue weighted by Crippen LogP contribution is 2.53. The molecular weight excluding hydrogens is 318 g/mol. The third-order valence-corrected chi connectivity index (χ3v) is 4.89. The Labute approximate surface area is 155 Å². The van der Waals surface area contributed by atoms with E-state index < -0.39 is 5.60 Å². The van der Waals surface area contributed by atoms with Crippen LogP contribution < -0.4 is 10.1 Å². The SMILES string of the molecule is CC(C)(C)NC1c2ccccc2OC1(c1ccccc1)c1ccccc1. The molecule has 0 aromatic heterocycles. The molecule has 1 N–H and O–H groups in total. The molecular formula is C24H25NO. The Kier molecular flexibility index (Phi) is 4.08. The maximum Gasteiger partial charge on any atom is 0.178 e. The first-order chi connectivity index (χ1) is 12.5. The van der Waals surface area contributed by atoms with Crippen LogP contribution in [0.15, 0.2) is 84.9 Å². The van der Waals surface area contributed by atoms with Gasteiger partial charge in [-0.2, -0.15) is 0 Å². The minimum atomic E-state index is -0.598. The van der Waals surface area contributed by atoms with E-state index in [1.54, 1.807) is 0 Å². The van der Waals surface area contributed by atoms with E-state index in [1.165, 1.54) is 5.56 Å². The van der Waals surface area contributed by atoms with Crippen molar-refractivity contribution < 1.29 is 4.74 Å². The average molecular weight is 343 g/mol. The first-order valence-electron chi connectivity index (χ1n) is 9.17. The predicted molar refractivity (Wildman–Crippen MR) is 106 cm³/mol. The van der Waals surface area contributed by atoms with Crippen LogP contribution in [-0.2, 0) is 5.60 Å². The zero-order valence-electron chi connectivity index (χ0n) is 15.6. The largest absolute Gasteiger partial charge is 0.475 e. The Hall–Kier alpha value is -2.58. The second-order valence-corrected chi connectivity index (χ2v) is 7.93. The van der Waals surface area contributed by atoms with Crippen LogP contribution in [0.3, 0.4) is 0 Å². The lowest BCUT2D eigenvalue weighted by atomic mass is 9.78. The summed E-state index contributed by atoms with van der Waals surface area (Å²) in [5, 5.41) is 3.84. The highest BCUT2D eigenvalue weighted by atomic mass is 16.5. The molecule has 4 rings (SSSR count). The summed E-state index contributed by atoms with van der Waals surface area (Å²) in [6.45, 7) is 6.61. The number of ether oxygens (including phenoxy) is 1. The fourth-order valence-corrected chi connectivity index (χ4v) is 3.87. The van der Waals surface area contributed by atoms with Crippen molar-refractivity contribution in [1.82, 2.24) is 5.32 Å². The monoisotopic (exact) mass is 343 g/mol. The fourth-order valence-electron chi connectivity index (χ4n) is 3.87. The Bertz CT molecular complexity index is 841. The van der Waals surface area contributed by atoms with Crippen molar-refractivity contribution in [1.29, 1.82) is 0 Å². The fraction of sp³-hybridized carbons (Fsp3) is 0.250. The second-order valence-electron chi connectivity index (χ2n) is 7.93. The van der Waals surface area contributed by atoms with E-state index in [1.807, 2.05) is 6.07 Å². The molecule has 0 aliphatic carbocycles. The summed E-state index contributed by atoms with van der Waals surface area (Å²) >= 11 is 0. The van der Waals surface area contributed by atoms with E-state index in [-0.39, 0.29) is 11.6 Å². The smallest absolute Gasteiger partial charge is 0.178 e. The zero-order valence-corrected chi connectivity index (χ0v) is 15.6. The maximum absolute atomic E-state index is 6.76. The standard InChI is InChI=1S/C24H25NO/c1-23(2,3)25-22-20-16-10-11-17-21(20)26-24(22,18-12-6-4-7-13-18)19-14-8-5-9-15-19/h4-17,22,25H,1-3H3. The van der Waals surface area contributed by atoms with Crippen molar-refractivity contribution in [2.45, 2.75) is 38.0 Å². The third kappa shape index (κ3) is 2.81. The van der Waals surface area contributed by atoms with Gasteiger partial charge in [0.2, 0.25) is 0 Å². The third-order valence-electron chi connectivity index (χ3n) is 4.89. The van der Waals surface area contributed by atoms with Gasteiger partial charge >= 0.3 is 0 Å². The zero-order chi connectivity index (χ0) is 18.2. The van der Waals surface area contributed by atoms with Crippen molar-refractivity contribution in [3.63, 3.8) is 0 Å². The van der Waals surface area contributed by atoms with Gasteiger partial charge in [-0.25, -0.2) is 0 Å². The van der Waals surface area contributed by atoms with Gasteiger partial charge < -0.3 is 10.1 Å². The number of rotatable bonds is 3. The molecule has 3 aromatic rings. The lowest BCUT2D eigenvalue weighted by Gasteiger charge is -2.39. The summed E-state index contributed by atoms with van der Waals surface area (Å²) in [4.78, 5) is 0. The number of nitrogens with one attached hydrogen (secondary N) is 1. The molecule has 0 saturated carbocycles. The molecule has 0 bridgehead atoms. The normalized spacial score (nSPS) is 18.2. The minimum Gasteiger partial charge on any atom is -0.475 e. The molecule has 132 valence electrons. The Balaban J connectivity index is 1.98. The number of para-hydroxylation sites is 1. The van der Waals surface area contributed by atoms with Crippen LogP contribution in [0.1, 0.15) is 43.5 Å². The summed E-state index contributed by atoms with van der Waals surface area (Å²) < 4.78 is 6.76. The van der Waals surface area contributed by atoms with E-state index in [9.17, 15) is 0 Å². The van der Waals surface area contributed by atoms with Gasteiger partial charge in [-0.1, -0.05) is 78.9 Å². The molecule has 1 unspecified atom stereocenters. The molecule has 1 heterocycles. The van der Waals surface area contributed by atoms with Gasteiger partial charge in [0, 0.05) is 22.2 Å². The lowest BCUT2D eigenvalue weighted by molar-refractivity contribution is 0.0850. The van der Waals surface area contributed by atoms with Crippen molar-refractivity contribution >= 4 is 0 Å². The molecule has 0 spiro atoms. The quantitative estimate of drug-likeness (QED) is 0.682. The second kappa shape index (κ2) is 6.30. The molecule has 0 amide bonds. The number of hydrogen-bond donors (Lipinski definition) is 1. The highest BCUT2D eigenvalue weighted by Gasteiger charge is 2.52. The molecule has 1 atom stereocenters. The topological polar surface area (TPSA) is 21.3 Å². The number of benzene rings is 3. The van der Waals surface area contributed by atoms with Crippen LogP contribution in [0.2, 0.25) is 0 Å². The molecule has 2 heteroatoms. The summed E-state index contributed by atoms with van der Waals surface area (Å²) in [7, 11) is 0. The van der Waals surface area contributed by atoms with E-state index in [2.05, 4.69) is 105 Å². The predicted octanol–water partition coefficient (Wildman–Crippen LogP) is 5.45. The molecule has 26 heavy (non-hydrogen) atoms. The Morgan fingerprint density at radius 1 is 0.731 bits per heavy atom. The van der Waals surface area contributed by atoms with E-state index >= 15 is 0 Å². The summed E-state index contributed by atoms with van der Waals surface area (Å²) in [5.41, 5.74) is 2.86. The van der Waals surface area contributed by atoms with Crippen molar-refractivity contribution in [2.75, 3.05) is 0 Å². The Morgan fingerprint density at radius 2 is 1.23 bits per heavy atom. The molecule has 0 radical (unpaired) electrons. The van der Waals surface area contributed by atoms with E-state index in [0.717, 1.165) is 16.9 Å². The lowest BCUT2D eigenvalue weighted by Crippen LogP contribution is -2.49. The van der Waals surface area contributed by atoms with Gasteiger partial charge in [-0.15, -0.1) is 0 Å². The van der Waals surface area contributed by atoms with Crippen molar-refractivity contribution in [2.24, 2.45) is 0 Å². The first-order valence-corrected chi connectivity index (χ1v) is 9.17. The van der Waals surface area contributed by atoms with Gasteiger partial charge in [-0.3, -0.25) is 0 Å². The van der Waals surface area contributed by atoms with Gasteiger partial charge in [-0.05, 0) is 26.8 Å². The van der Waals surface area contributed by atoms with Gasteiger partial charge in [0.1, 0.15) is 5.75 Å². The number of hydrogen-bond acceptors (Lipinski definition) is 2. The van der Waals surface area contributed by atoms with Crippen LogP contribution in [0.25, 0.3) is 0 Å². The van der Waals surface area contributed by atoms with Gasteiger partial charge in [0.15, 0.2) is 5.60 Å². The van der Waals surface area contributed by atoms with Gasteiger partial charge in [0.25, 0.3) is 0 Å². The van der Waals surface area contributed by atoms with Crippen LogP contribution in [0, 0.1) is 0 Å². The van der Waals surface area contributed by atoms with Crippen molar-refractivity contribution in [3.8, 4) is 5.75 Å². The summed E-state index contributed by atoms with van der Waals surface area (Å²) in [6, 6.07) is 29.5. The maximum atomic E-state index is 6.76. The van der Waals surface area contributed by atoms with Crippen LogP contribution in [-0.4, -0.2) is 5.54 Å². The molecule has 0 fully saturated rings. The number of fused-ring (bicyclic) bond motifs is 1. The van der Waals surface area contributed by atoms with Gasteiger partial charge in [0.05, 0.1) is 6.04 Å². The minimum absolute atomic E-state index is 0.0171. The van der Waals surface area contributed by atoms with Crippen LogP contribution in [0.5, 0.6) is 5.75 Å². The summed E-state index contributed by atoms with van der Waals surface area (Å²) in [5.74, 6) is 0.946. The van der Waals surface area contributed by atoms with Crippen LogP contribution >= 0.6 is 0 Å². The molecule has 3 aromatic carbocycles. The first kappa shape index (κ1) is 16.9. The molecule has 1 aliphatic rings. The van der Waals surface area contributed by atoms with E-state index in [0.29, 0.717) is 0 Å². The molecule has 2 nitrogen and oxygen atoms in total. The average Bonchev–Trinajstić information content (AvgIpc) is 2.97. The molecule has 0 saturated heterocycles. The summed E-state index contributed by atoms with van der Waals surface area (Å²) in [6.07, 6.45) is 0. The highest BCUT2D eigenvalue weighted by molar-refractivity contribution is 5.52.